The van der Waals surface area contributed by atoms with Gasteiger partial charge in [-0.05, 0) is 25.1 Å². The van der Waals surface area contributed by atoms with Gasteiger partial charge in [-0.25, -0.2) is 12.8 Å². The second-order valence-electron chi connectivity index (χ2n) is 3.76. The molecule has 8 heteroatoms. The van der Waals surface area contributed by atoms with Crippen molar-refractivity contribution < 1.29 is 22.3 Å². The Labute approximate surface area is 111 Å². The Kier molecular flexibility index (Phi) is 4.84. The molecular formula is C11H15FN2O4S. The number of rotatable bonds is 5. The number of benzene rings is 1. The molecule has 1 rings (SSSR count). The molecule has 0 heterocycles. The van der Waals surface area contributed by atoms with Crippen molar-refractivity contribution in [2.45, 2.75) is 11.8 Å². The predicted molar refractivity (Wildman–Crippen MR) is 67.3 cm³/mol. The van der Waals surface area contributed by atoms with Crippen molar-refractivity contribution in [1.82, 2.24) is 4.31 Å². The average molecular weight is 290 g/mol. The normalized spacial score (nSPS) is 11.6. The van der Waals surface area contributed by atoms with Crippen LogP contribution in [0.2, 0.25) is 0 Å². The lowest BCUT2D eigenvalue weighted by molar-refractivity contribution is -0.143. The summed E-state index contributed by atoms with van der Waals surface area (Å²) < 4.78 is 43.0. The van der Waals surface area contributed by atoms with Crippen molar-refractivity contribution in [3.63, 3.8) is 0 Å². The summed E-state index contributed by atoms with van der Waals surface area (Å²) in [6.07, 6.45) is 0. The number of anilines is 1. The van der Waals surface area contributed by atoms with Crippen molar-refractivity contribution in [3.05, 3.63) is 24.0 Å². The number of likely N-dealkylation sites (N-methyl/N-ethyl adjacent to an activating group) is 1. The third kappa shape index (κ3) is 3.65. The molecular weight excluding hydrogens is 275 g/mol. The molecule has 1 aromatic rings. The van der Waals surface area contributed by atoms with Crippen molar-refractivity contribution in [1.29, 1.82) is 0 Å². The molecule has 0 amide bonds. The molecule has 0 aliphatic carbocycles. The van der Waals surface area contributed by atoms with Crippen LogP contribution >= 0.6 is 0 Å². The zero-order chi connectivity index (χ0) is 14.6. The zero-order valence-electron chi connectivity index (χ0n) is 10.6. The first-order chi connectivity index (χ1) is 8.78. The fourth-order valence-electron chi connectivity index (χ4n) is 1.37. The zero-order valence-corrected chi connectivity index (χ0v) is 11.4. The summed E-state index contributed by atoms with van der Waals surface area (Å²) in [4.78, 5) is 10.7. The van der Waals surface area contributed by atoms with Gasteiger partial charge < -0.3 is 10.5 Å². The highest BCUT2D eigenvalue weighted by molar-refractivity contribution is 7.89. The largest absolute Gasteiger partial charge is 0.465 e. The Bertz CT molecular complexity index is 574. The van der Waals surface area contributed by atoms with E-state index in [1.54, 1.807) is 6.92 Å². The first kappa shape index (κ1) is 15.4. The topological polar surface area (TPSA) is 89.7 Å². The van der Waals surface area contributed by atoms with Crippen LogP contribution in [0.5, 0.6) is 0 Å². The summed E-state index contributed by atoms with van der Waals surface area (Å²) in [5.41, 5.74) is 5.46. The van der Waals surface area contributed by atoms with E-state index in [9.17, 15) is 17.6 Å². The van der Waals surface area contributed by atoms with Gasteiger partial charge in [-0.2, -0.15) is 4.31 Å². The van der Waals surface area contributed by atoms with E-state index in [-0.39, 0.29) is 12.3 Å². The van der Waals surface area contributed by atoms with E-state index in [1.807, 2.05) is 0 Å². The smallest absolute Gasteiger partial charge is 0.321 e. The Morgan fingerprint density at radius 2 is 2.11 bits per heavy atom. The minimum absolute atomic E-state index is 0.115. The molecule has 0 fully saturated rings. The quantitative estimate of drug-likeness (QED) is 0.633. The highest BCUT2D eigenvalue weighted by Crippen LogP contribution is 2.20. The number of esters is 1. The van der Waals surface area contributed by atoms with Crippen LogP contribution in [0, 0.1) is 5.82 Å². The molecule has 1 aromatic carbocycles. The maximum Gasteiger partial charge on any atom is 0.321 e. The number of ether oxygens (including phenoxy) is 1. The first-order valence-electron chi connectivity index (χ1n) is 5.46. The van der Waals surface area contributed by atoms with E-state index in [4.69, 9.17) is 5.73 Å². The molecule has 0 saturated carbocycles. The van der Waals surface area contributed by atoms with Crippen LogP contribution in [-0.2, 0) is 19.6 Å². The Morgan fingerprint density at radius 1 is 1.47 bits per heavy atom. The van der Waals surface area contributed by atoms with Gasteiger partial charge in [0, 0.05) is 12.7 Å². The lowest BCUT2D eigenvalue weighted by Gasteiger charge is -2.16. The van der Waals surface area contributed by atoms with E-state index in [2.05, 4.69) is 4.74 Å². The molecule has 0 aromatic heterocycles. The molecule has 0 radical (unpaired) electrons. The maximum atomic E-state index is 13.6. The van der Waals surface area contributed by atoms with E-state index < -0.39 is 33.3 Å². The van der Waals surface area contributed by atoms with Crippen molar-refractivity contribution >= 4 is 21.7 Å². The van der Waals surface area contributed by atoms with Crippen molar-refractivity contribution in [3.8, 4) is 0 Å². The fraction of sp³-hybridized carbons (Fsp3) is 0.364. The van der Waals surface area contributed by atoms with Crippen LogP contribution < -0.4 is 5.73 Å². The monoisotopic (exact) mass is 290 g/mol. The van der Waals surface area contributed by atoms with E-state index >= 15 is 0 Å². The number of nitrogen functional groups attached to an aromatic ring is 1. The van der Waals surface area contributed by atoms with Gasteiger partial charge in [-0.1, -0.05) is 0 Å². The van der Waals surface area contributed by atoms with Gasteiger partial charge in [-0.3, -0.25) is 4.79 Å². The summed E-state index contributed by atoms with van der Waals surface area (Å²) in [5.74, 6) is -1.67. The number of hydrogen-bond acceptors (Lipinski definition) is 5. The molecule has 2 N–H and O–H groups in total. The Balaban J connectivity index is 3.00. The number of carbonyl (C=O) groups excluding carboxylic acids is 1. The molecule has 0 atom stereocenters. The number of hydrogen-bond donors (Lipinski definition) is 1. The van der Waals surface area contributed by atoms with Crippen LogP contribution in [0.15, 0.2) is 23.1 Å². The van der Waals surface area contributed by atoms with Crippen LogP contribution in [0.4, 0.5) is 10.1 Å². The maximum absolute atomic E-state index is 13.6. The van der Waals surface area contributed by atoms with E-state index in [1.165, 1.54) is 13.1 Å². The molecule has 0 aliphatic heterocycles. The van der Waals surface area contributed by atoms with Gasteiger partial charge in [0.25, 0.3) is 0 Å². The molecule has 0 aliphatic rings. The summed E-state index contributed by atoms with van der Waals surface area (Å²) in [7, 11) is -2.93. The van der Waals surface area contributed by atoms with Gasteiger partial charge in [0.2, 0.25) is 10.0 Å². The summed E-state index contributed by atoms with van der Waals surface area (Å²) in [6.45, 7) is 1.26. The van der Waals surface area contributed by atoms with Crippen molar-refractivity contribution in [2.75, 3.05) is 25.9 Å². The summed E-state index contributed by atoms with van der Waals surface area (Å²) in [5, 5.41) is 0. The third-order valence-corrected chi connectivity index (χ3v) is 4.14. The molecule has 0 bridgehead atoms. The van der Waals surface area contributed by atoms with Crippen LogP contribution in [0.25, 0.3) is 0 Å². The second-order valence-corrected chi connectivity index (χ2v) is 5.77. The van der Waals surface area contributed by atoms with Crippen molar-refractivity contribution in [2.24, 2.45) is 0 Å². The molecule has 0 saturated heterocycles. The van der Waals surface area contributed by atoms with Gasteiger partial charge in [-0.15, -0.1) is 0 Å². The second kappa shape index (κ2) is 5.98. The standard InChI is InChI=1S/C11H15FN2O4S/c1-3-18-11(15)7-14(2)19(16,17)10-5-4-8(13)6-9(10)12/h4-6H,3,7,13H2,1-2H3. The Morgan fingerprint density at radius 3 is 2.63 bits per heavy atom. The molecule has 106 valence electrons. The Hall–Kier alpha value is -1.67. The first-order valence-corrected chi connectivity index (χ1v) is 6.90. The molecule has 0 spiro atoms. The van der Waals surface area contributed by atoms with Crippen LogP contribution in [-0.4, -0.2) is 38.9 Å². The predicted octanol–water partition coefficient (Wildman–Crippen LogP) is 0.592. The number of nitrogens with two attached hydrogens (primary N) is 1. The summed E-state index contributed by atoms with van der Waals surface area (Å²) in [6, 6.07) is 3.24. The molecule has 6 nitrogen and oxygen atoms in total. The number of sulfonamides is 1. The number of nitrogens with zero attached hydrogens (tertiary/aromatic N) is 1. The van der Waals surface area contributed by atoms with Gasteiger partial charge in [0.1, 0.15) is 17.3 Å². The van der Waals surface area contributed by atoms with Crippen LogP contribution in [0.1, 0.15) is 6.92 Å². The summed E-state index contributed by atoms with van der Waals surface area (Å²) >= 11 is 0. The van der Waals surface area contributed by atoms with Gasteiger partial charge in [0.15, 0.2) is 0 Å². The molecule has 0 unspecified atom stereocenters. The third-order valence-electron chi connectivity index (χ3n) is 2.30. The van der Waals surface area contributed by atoms with Crippen LogP contribution in [0.3, 0.4) is 0 Å². The highest BCUT2D eigenvalue weighted by atomic mass is 32.2. The number of halogens is 1. The lowest BCUT2D eigenvalue weighted by atomic mass is 10.3. The minimum Gasteiger partial charge on any atom is -0.465 e. The molecule has 19 heavy (non-hydrogen) atoms. The average Bonchev–Trinajstić information content (AvgIpc) is 2.28. The van der Waals surface area contributed by atoms with E-state index in [0.29, 0.717) is 0 Å². The van der Waals surface area contributed by atoms with Gasteiger partial charge >= 0.3 is 5.97 Å². The highest BCUT2D eigenvalue weighted by Gasteiger charge is 2.26. The fourth-order valence-corrected chi connectivity index (χ4v) is 2.52. The minimum atomic E-state index is -4.10. The van der Waals surface area contributed by atoms with E-state index in [0.717, 1.165) is 16.4 Å². The lowest BCUT2D eigenvalue weighted by Crippen LogP contribution is -2.33. The van der Waals surface area contributed by atoms with Gasteiger partial charge in [0.05, 0.1) is 6.61 Å². The number of carbonyl (C=O) groups is 1. The SMILES string of the molecule is CCOC(=O)CN(C)S(=O)(=O)c1ccc(N)cc1F.